The smallest absolute Gasteiger partial charge is 0.125 e. The van der Waals surface area contributed by atoms with Gasteiger partial charge in [0.05, 0.1) is 5.36 Å². The highest BCUT2D eigenvalue weighted by molar-refractivity contribution is 5.40. The van der Waals surface area contributed by atoms with Gasteiger partial charge in [0.15, 0.2) is 0 Å². The Hall–Kier alpha value is -1.58. The number of nitrogens with two attached hydrogens (primary N) is 1. The van der Waals surface area contributed by atoms with Gasteiger partial charge in [-0.2, -0.15) is 0 Å². The van der Waals surface area contributed by atoms with Gasteiger partial charge < -0.3 is 10.6 Å². The maximum Gasteiger partial charge on any atom is 0.125 e. The molecule has 0 aliphatic carbocycles. The second-order valence-corrected chi connectivity index (χ2v) is 4.70. The van der Waals surface area contributed by atoms with Crippen molar-refractivity contribution in [2.75, 3.05) is 6.54 Å². The monoisotopic (exact) mass is 233 g/mol. The van der Waals surface area contributed by atoms with Crippen molar-refractivity contribution in [1.82, 2.24) is 4.90 Å². The van der Waals surface area contributed by atoms with Gasteiger partial charge in [-0.3, -0.25) is 4.99 Å². The molecule has 1 aromatic rings. The van der Waals surface area contributed by atoms with Gasteiger partial charge in [-0.1, -0.05) is 6.42 Å². The number of nitrogens with zero attached hydrogens (tertiary/aromatic N) is 2. The number of benzene rings is 1. The molecule has 0 amide bonds. The fourth-order valence-corrected chi connectivity index (χ4v) is 2.65. The molecule has 90 valence electrons. The molecular weight excluding hydrogens is 217 g/mol. The zero-order valence-electron chi connectivity index (χ0n) is 9.69. The van der Waals surface area contributed by atoms with Crippen LogP contribution < -0.4 is 16.3 Å². The molecule has 0 aromatic heterocycles. The molecular formula is C13H16FN3. The minimum absolute atomic E-state index is 0.104. The average molecular weight is 233 g/mol. The van der Waals surface area contributed by atoms with Crippen LogP contribution in [0.5, 0.6) is 0 Å². The lowest BCUT2D eigenvalue weighted by Gasteiger charge is -2.31. The summed E-state index contributed by atoms with van der Waals surface area (Å²) in [6, 6.07) is 4.65. The molecule has 17 heavy (non-hydrogen) atoms. The molecule has 0 bridgehead atoms. The van der Waals surface area contributed by atoms with Crippen molar-refractivity contribution in [2.45, 2.75) is 31.8 Å². The molecule has 1 saturated heterocycles. The van der Waals surface area contributed by atoms with E-state index in [1.165, 1.54) is 25.0 Å². The lowest BCUT2D eigenvalue weighted by molar-refractivity contribution is 0.288. The van der Waals surface area contributed by atoms with Gasteiger partial charge in [-0.05, 0) is 37.5 Å². The quantitative estimate of drug-likeness (QED) is 0.716. The van der Waals surface area contributed by atoms with Crippen molar-refractivity contribution in [3.05, 3.63) is 34.6 Å². The van der Waals surface area contributed by atoms with Crippen LogP contribution in [0.15, 0.2) is 23.2 Å². The third-order valence-electron chi connectivity index (χ3n) is 3.55. The van der Waals surface area contributed by atoms with E-state index in [0.717, 1.165) is 30.4 Å². The number of halogens is 1. The third-order valence-corrected chi connectivity index (χ3v) is 3.55. The standard InChI is InChI=1S/C13H16FN3/c14-9-5-6-10-11(8-9)16-12-4-2-1-3-7-17(12)13(10)15/h5-6,8,12H,1-4,7,15H2. The van der Waals surface area contributed by atoms with Gasteiger partial charge in [0, 0.05) is 11.8 Å². The molecule has 3 rings (SSSR count). The van der Waals surface area contributed by atoms with Crippen molar-refractivity contribution >= 4 is 5.82 Å². The summed E-state index contributed by atoms with van der Waals surface area (Å²) < 4.78 is 13.2. The van der Waals surface area contributed by atoms with Gasteiger partial charge in [-0.15, -0.1) is 0 Å². The van der Waals surface area contributed by atoms with Crippen molar-refractivity contribution in [3.8, 4) is 0 Å². The maximum absolute atomic E-state index is 13.2. The zero-order valence-corrected chi connectivity index (χ0v) is 9.69. The van der Waals surface area contributed by atoms with Crippen molar-refractivity contribution in [1.29, 1.82) is 0 Å². The predicted molar refractivity (Wildman–Crippen MR) is 63.7 cm³/mol. The Labute approximate surface area is 99.4 Å². The molecule has 0 saturated carbocycles. The summed E-state index contributed by atoms with van der Waals surface area (Å²) in [6.45, 7) is 0.955. The molecule has 1 unspecified atom stereocenters. The number of fused-ring (bicyclic) bond motifs is 2. The van der Waals surface area contributed by atoms with E-state index < -0.39 is 0 Å². The van der Waals surface area contributed by atoms with Crippen LogP contribution in [0.25, 0.3) is 5.82 Å². The topological polar surface area (TPSA) is 41.6 Å². The Bertz CT molecular complexity index is 552. The summed E-state index contributed by atoms with van der Waals surface area (Å²) in [5.74, 6) is 0.504. The zero-order chi connectivity index (χ0) is 11.8. The van der Waals surface area contributed by atoms with E-state index >= 15 is 0 Å². The second kappa shape index (κ2) is 4.02. The SMILES string of the molecule is NC1=c2ccc(F)cc2=NC2CCCCCN12. The molecule has 2 N–H and O–H groups in total. The number of rotatable bonds is 0. The maximum atomic E-state index is 13.2. The van der Waals surface area contributed by atoms with Gasteiger partial charge in [0.2, 0.25) is 0 Å². The summed E-state index contributed by atoms with van der Waals surface area (Å²) in [4.78, 5) is 6.78. The van der Waals surface area contributed by atoms with Gasteiger partial charge in [0.25, 0.3) is 0 Å². The largest absolute Gasteiger partial charge is 0.385 e. The summed E-state index contributed by atoms with van der Waals surface area (Å²) in [5, 5.41) is 1.57. The molecule has 4 heteroatoms. The van der Waals surface area contributed by atoms with E-state index in [0.29, 0.717) is 5.36 Å². The molecule has 2 heterocycles. The summed E-state index contributed by atoms with van der Waals surface area (Å²) in [5.41, 5.74) is 6.18. The molecule has 0 radical (unpaired) electrons. The Balaban J connectivity index is 2.18. The first-order valence-corrected chi connectivity index (χ1v) is 6.15. The lowest BCUT2D eigenvalue weighted by Crippen LogP contribution is -2.48. The van der Waals surface area contributed by atoms with Crippen LogP contribution in [-0.4, -0.2) is 17.6 Å². The summed E-state index contributed by atoms with van der Waals surface area (Å²) in [7, 11) is 0. The molecule has 2 aliphatic rings. The molecule has 2 aliphatic heterocycles. The third kappa shape index (κ3) is 1.77. The Morgan fingerprint density at radius 3 is 3.06 bits per heavy atom. The minimum atomic E-state index is -0.248. The highest BCUT2D eigenvalue weighted by atomic mass is 19.1. The summed E-state index contributed by atoms with van der Waals surface area (Å²) >= 11 is 0. The molecule has 1 atom stereocenters. The molecule has 0 spiro atoms. The van der Waals surface area contributed by atoms with Crippen LogP contribution in [0, 0.1) is 5.82 Å². The number of hydrogen-bond acceptors (Lipinski definition) is 3. The van der Waals surface area contributed by atoms with Crippen LogP contribution in [0.1, 0.15) is 25.7 Å². The first-order chi connectivity index (χ1) is 8.25. The minimum Gasteiger partial charge on any atom is -0.385 e. The van der Waals surface area contributed by atoms with Gasteiger partial charge >= 0.3 is 0 Å². The lowest BCUT2D eigenvalue weighted by atomic mass is 10.2. The highest BCUT2D eigenvalue weighted by Gasteiger charge is 2.24. The number of hydrogen-bond donors (Lipinski definition) is 1. The van der Waals surface area contributed by atoms with Crippen LogP contribution in [-0.2, 0) is 0 Å². The van der Waals surface area contributed by atoms with E-state index in [2.05, 4.69) is 9.89 Å². The van der Waals surface area contributed by atoms with Gasteiger partial charge in [0.1, 0.15) is 17.8 Å². The van der Waals surface area contributed by atoms with E-state index in [1.807, 2.05) is 0 Å². The first-order valence-electron chi connectivity index (χ1n) is 6.15. The van der Waals surface area contributed by atoms with E-state index in [4.69, 9.17) is 5.73 Å². The van der Waals surface area contributed by atoms with Crippen molar-refractivity contribution < 1.29 is 4.39 Å². The second-order valence-electron chi connectivity index (χ2n) is 4.70. The summed E-state index contributed by atoms with van der Waals surface area (Å²) in [6.07, 6.45) is 4.66. The van der Waals surface area contributed by atoms with Gasteiger partial charge in [-0.25, -0.2) is 4.39 Å². The Kier molecular flexibility index (Phi) is 2.50. The predicted octanol–water partition coefficient (Wildman–Crippen LogP) is 0.685. The van der Waals surface area contributed by atoms with E-state index in [9.17, 15) is 4.39 Å². The van der Waals surface area contributed by atoms with E-state index in [1.54, 1.807) is 6.07 Å². The van der Waals surface area contributed by atoms with Crippen LogP contribution in [0.4, 0.5) is 4.39 Å². The average Bonchev–Trinajstić information content (AvgIpc) is 2.54. The first kappa shape index (κ1) is 10.6. The molecule has 1 fully saturated rings. The van der Waals surface area contributed by atoms with Crippen molar-refractivity contribution in [3.63, 3.8) is 0 Å². The van der Waals surface area contributed by atoms with Crippen molar-refractivity contribution in [2.24, 2.45) is 10.7 Å². The molecule has 3 nitrogen and oxygen atoms in total. The molecule has 1 aromatic carbocycles. The Morgan fingerprint density at radius 1 is 1.29 bits per heavy atom. The highest BCUT2D eigenvalue weighted by Crippen LogP contribution is 2.20. The fourth-order valence-electron chi connectivity index (χ4n) is 2.65. The van der Waals surface area contributed by atoms with Crippen LogP contribution >= 0.6 is 0 Å². The normalized spacial score (nSPS) is 23.5. The van der Waals surface area contributed by atoms with Crippen LogP contribution in [0.2, 0.25) is 0 Å². The van der Waals surface area contributed by atoms with Crippen LogP contribution in [0.3, 0.4) is 0 Å². The Morgan fingerprint density at radius 2 is 2.18 bits per heavy atom. The van der Waals surface area contributed by atoms with E-state index in [-0.39, 0.29) is 12.0 Å². The fraction of sp³-hybridized carbons (Fsp3) is 0.462.